The van der Waals surface area contributed by atoms with Gasteiger partial charge in [0.15, 0.2) is 6.29 Å². The molecule has 4 atom stereocenters. The number of morpholine rings is 1. The van der Waals surface area contributed by atoms with Crippen molar-refractivity contribution in [3.05, 3.63) is 35.4 Å². The average Bonchev–Trinajstić information content (AvgIpc) is 2.97. The molecular weight excluding hydrogens is 314 g/mol. The smallest absolute Gasteiger partial charge is 0.327 e. The summed E-state index contributed by atoms with van der Waals surface area (Å²) in [5.74, 6) is -0.829. The van der Waals surface area contributed by atoms with E-state index in [-0.39, 0.29) is 13.2 Å². The van der Waals surface area contributed by atoms with E-state index in [9.17, 15) is 9.59 Å². The first-order valence-electron chi connectivity index (χ1n) is 7.80. The minimum Gasteiger partial charge on any atom is -0.468 e. The minimum absolute atomic E-state index is 0.154. The van der Waals surface area contributed by atoms with Crippen LogP contribution in [0.3, 0.4) is 0 Å². The summed E-state index contributed by atoms with van der Waals surface area (Å²) in [6, 6.07) is 6.19. The topological polar surface area (TPSA) is 74.3 Å². The fourth-order valence-corrected chi connectivity index (χ4v) is 3.20. The number of fused-ring (bicyclic) bond motifs is 1. The molecule has 2 heterocycles. The first-order chi connectivity index (χ1) is 11.5. The van der Waals surface area contributed by atoms with Crippen LogP contribution in [0.25, 0.3) is 0 Å². The van der Waals surface area contributed by atoms with Crippen molar-refractivity contribution in [2.24, 2.45) is 0 Å². The summed E-state index contributed by atoms with van der Waals surface area (Å²) in [6.45, 7) is 2.39. The maximum absolute atomic E-state index is 12.5. The van der Waals surface area contributed by atoms with Gasteiger partial charge in [0.05, 0.1) is 13.7 Å². The molecule has 0 N–H and O–H groups in total. The second-order valence-corrected chi connectivity index (χ2v) is 5.95. The Kier molecular flexibility index (Phi) is 4.84. The highest BCUT2D eigenvalue weighted by atomic mass is 16.7. The van der Waals surface area contributed by atoms with Gasteiger partial charge in [-0.2, -0.15) is 0 Å². The van der Waals surface area contributed by atoms with E-state index in [0.717, 1.165) is 11.1 Å². The van der Waals surface area contributed by atoms with Gasteiger partial charge in [0.25, 0.3) is 0 Å². The van der Waals surface area contributed by atoms with Crippen molar-refractivity contribution in [3.63, 3.8) is 0 Å². The molecule has 1 aromatic carbocycles. The highest BCUT2D eigenvalue weighted by Gasteiger charge is 2.51. The van der Waals surface area contributed by atoms with Gasteiger partial charge in [0.1, 0.15) is 24.8 Å². The van der Waals surface area contributed by atoms with Gasteiger partial charge in [-0.1, -0.05) is 29.8 Å². The zero-order valence-corrected chi connectivity index (χ0v) is 13.9. The number of cyclic esters (lactones) is 1. The lowest BCUT2D eigenvalue weighted by molar-refractivity contribution is -0.216. The summed E-state index contributed by atoms with van der Waals surface area (Å²) >= 11 is 0. The van der Waals surface area contributed by atoms with E-state index >= 15 is 0 Å². The number of esters is 2. The molecule has 1 aromatic rings. The van der Waals surface area contributed by atoms with Gasteiger partial charge in [0, 0.05) is 7.11 Å². The number of hydrogen-bond acceptors (Lipinski definition) is 7. The van der Waals surface area contributed by atoms with Crippen LogP contribution in [0.15, 0.2) is 24.3 Å². The SMILES string of the molecule is COC(=O)C(c1ccc(C)cc1)N1CC(OC)OC2COC(=O)C21. The largest absolute Gasteiger partial charge is 0.468 e. The van der Waals surface area contributed by atoms with Crippen molar-refractivity contribution in [1.29, 1.82) is 0 Å². The molecule has 0 aliphatic carbocycles. The number of hydrogen-bond donors (Lipinski definition) is 0. The maximum Gasteiger partial charge on any atom is 0.327 e. The Balaban J connectivity index is 1.99. The molecule has 24 heavy (non-hydrogen) atoms. The van der Waals surface area contributed by atoms with Gasteiger partial charge in [0.2, 0.25) is 0 Å². The second-order valence-electron chi connectivity index (χ2n) is 5.95. The summed E-state index contributed by atoms with van der Waals surface area (Å²) in [5, 5.41) is 0. The molecule has 4 unspecified atom stereocenters. The number of carbonyl (C=O) groups excluding carboxylic acids is 2. The molecule has 0 radical (unpaired) electrons. The van der Waals surface area contributed by atoms with Crippen molar-refractivity contribution in [1.82, 2.24) is 4.90 Å². The quantitative estimate of drug-likeness (QED) is 0.754. The minimum atomic E-state index is -0.727. The number of benzene rings is 1. The van der Waals surface area contributed by atoms with Crippen molar-refractivity contribution in [2.75, 3.05) is 27.4 Å². The normalized spacial score (nSPS) is 28.1. The average molecular weight is 335 g/mol. The molecule has 0 aromatic heterocycles. The third kappa shape index (κ3) is 3.02. The van der Waals surface area contributed by atoms with E-state index < -0.39 is 36.4 Å². The Bertz CT molecular complexity index is 616. The van der Waals surface area contributed by atoms with E-state index in [2.05, 4.69) is 0 Å². The fraction of sp³-hybridized carbons (Fsp3) is 0.529. The molecule has 0 bridgehead atoms. The van der Waals surface area contributed by atoms with E-state index in [1.54, 1.807) is 4.90 Å². The molecule has 0 amide bonds. The molecule has 3 rings (SSSR count). The van der Waals surface area contributed by atoms with Crippen LogP contribution in [0.5, 0.6) is 0 Å². The van der Waals surface area contributed by atoms with Crippen molar-refractivity contribution < 1.29 is 28.5 Å². The highest BCUT2D eigenvalue weighted by Crippen LogP contribution is 2.33. The summed E-state index contributed by atoms with van der Waals surface area (Å²) < 4.78 is 21.1. The van der Waals surface area contributed by atoms with E-state index in [0.29, 0.717) is 0 Å². The fourth-order valence-electron chi connectivity index (χ4n) is 3.20. The van der Waals surface area contributed by atoms with E-state index in [1.807, 2.05) is 31.2 Å². The number of ether oxygens (including phenoxy) is 4. The lowest BCUT2D eigenvalue weighted by atomic mass is 9.99. The summed E-state index contributed by atoms with van der Waals surface area (Å²) in [4.78, 5) is 26.4. The van der Waals surface area contributed by atoms with Gasteiger partial charge in [-0.25, -0.2) is 4.79 Å². The van der Waals surface area contributed by atoms with Gasteiger partial charge in [-0.3, -0.25) is 9.69 Å². The second kappa shape index (κ2) is 6.88. The number of carbonyl (C=O) groups is 2. The van der Waals surface area contributed by atoms with Crippen LogP contribution in [0, 0.1) is 6.92 Å². The van der Waals surface area contributed by atoms with Crippen LogP contribution in [-0.2, 0) is 28.5 Å². The summed E-state index contributed by atoms with van der Waals surface area (Å²) in [5.41, 5.74) is 1.83. The predicted molar refractivity (Wildman–Crippen MR) is 83.1 cm³/mol. The molecule has 130 valence electrons. The third-order valence-electron chi connectivity index (χ3n) is 4.44. The molecular formula is C17H21NO6. The Hall–Kier alpha value is -1.96. The molecule has 2 saturated heterocycles. The van der Waals surface area contributed by atoms with Crippen LogP contribution >= 0.6 is 0 Å². The van der Waals surface area contributed by atoms with Crippen molar-refractivity contribution in [2.45, 2.75) is 31.4 Å². The lowest BCUT2D eigenvalue weighted by Crippen LogP contribution is -2.58. The number of methoxy groups -OCH3 is 2. The van der Waals surface area contributed by atoms with Crippen molar-refractivity contribution >= 4 is 11.9 Å². The molecule has 0 spiro atoms. The standard InChI is InChI=1S/C17H21NO6/c1-10-4-6-11(7-5-10)14(16(19)22-3)18-8-13(21-2)24-12-9-23-17(20)15(12)18/h4-7,12-15H,8-9H2,1-3H3. The van der Waals surface area contributed by atoms with Gasteiger partial charge >= 0.3 is 11.9 Å². The number of nitrogens with zero attached hydrogens (tertiary/aromatic N) is 1. The third-order valence-corrected chi connectivity index (χ3v) is 4.44. The molecule has 0 saturated carbocycles. The van der Waals surface area contributed by atoms with E-state index in [4.69, 9.17) is 18.9 Å². The summed E-state index contributed by atoms with van der Waals surface area (Å²) in [7, 11) is 2.86. The molecule has 2 fully saturated rings. The zero-order chi connectivity index (χ0) is 17.3. The monoisotopic (exact) mass is 335 g/mol. The lowest BCUT2D eigenvalue weighted by Gasteiger charge is -2.41. The first kappa shape index (κ1) is 16.9. The number of rotatable bonds is 4. The van der Waals surface area contributed by atoms with E-state index in [1.165, 1.54) is 14.2 Å². The molecule has 2 aliphatic heterocycles. The maximum atomic E-state index is 12.5. The zero-order valence-electron chi connectivity index (χ0n) is 13.9. The van der Waals surface area contributed by atoms with Crippen LogP contribution in [-0.4, -0.2) is 62.6 Å². The molecule has 2 aliphatic rings. The van der Waals surface area contributed by atoms with Gasteiger partial charge in [-0.15, -0.1) is 0 Å². The van der Waals surface area contributed by atoms with Gasteiger partial charge < -0.3 is 18.9 Å². The molecule has 7 nitrogen and oxygen atoms in total. The number of aryl methyl sites for hydroxylation is 1. The van der Waals surface area contributed by atoms with Crippen LogP contribution < -0.4 is 0 Å². The first-order valence-corrected chi connectivity index (χ1v) is 7.80. The Morgan fingerprint density at radius 2 is 2.00 bits per heavy atom. The highest BCUT2D eigenvalue weighted by molar-refractivity contribution is 5.82. The van der Waals surface area contributed by atoms with Crippen LogP contribution in [0.2, 0.25) is 0 Å². The van der Waals surface area contributed by atoms with Crippen molar-refractivity contribution in [3.8, 4) is 0 Å². The Morgan fingerprint density at radius 1 is 1.29 bits per heavy atom. The van der Waals surface area contributed by atoms with Crippen LogP contribution in [0.1, 0.15) is 17.2 Å². The van der Waals surface area contributed by atoms with Gasteiger partial charge in [-0.05, 0) is 12.5 Å². The van der Waals surface area contributed by atoms with Crippen LogP contribution in [0.4, 0.5) is 0 Å². The Morgan fingerprint density at radius 3 is 2.62 bits per heavy atom. The summed E-state index contributed by atoms with van der Waals surface area (Å²) in [6.07, 6.45) is -1.01. The molecule has 7 heteroatoms. The Labute approximate surface area is 140 Å². The predicted octanol–water partition coefficient (Wildman–Crippen LogP) is 0.808.